The van der Waals surface area contributed by atoms with Crippen molar-refractivity contribution < 1.29 is 14.3 Å². The molecule has 0 aliphatic carbocycles. The number of fused-ring (bicyclic) bond motifs is 1. The fraction of sp³-hybridized carbons (Fsp3) is 0.467. The molecule has 0 saturated carbocycles. The average Bonchev–Trinajstić information content (AvgIpc) is 2.94. The van der Waals surface area contributed by atoms with Crippen LogP contribution in [0.2, 0.25) is 0 Å². The third-order valence-corrected chi connectivity index (χ3v) is 3.95. The first-order chi connectivity index (χ1) is 9.65. The highest BCUT2D eigenvalue weighted by atomic mass is 16.5. The Morgan fingerprint density at radius 3 is 2.50 bits per heavy atom. The molecule has 1 fully saturated rings. The fourth-order valence-corrected chi connectivity index (χ4v) is 2.73. The normalized spacial score (nSPS) is 17.6. The lowest BCUT2D eigenvalue weighted by atomic mass is 10.1. The van der Waals surface area contributed by atoms with E-state index in [9.17, 15) is 9.59 Å². The van der Waals surface area contributed by atoms with Gasteiger partial charge in [-0.1, -0.05) is 0 Å². The van der Waals surface area contributed by atoms with Crippen LogP contribution in [0.5, 0.6) is 5.75 Å². The van der Waals surface area contributed by atoms with Gasteiger partial charge in [0.2, 0.25) is 5.91 Å². The molecule has 0 unspecified atom stereocenters. The minimum Gasteiger partial charge on any atom is -0.493 e. The summed E-state index contributed by atoms with van der Waals surface area (Å²) in [7, 11) is 0. The number of carbonyl (C=O) groups is 2. The molecule has 0 N–H and O–H groups in total. The SMILES string of the molecule is CC(=O)N1CCN(C(=O)c2ccc3c(c2)CCO3)CC1. The van der Waals surface area contributed by atoms with E-state index in [2.05, 4.69) is 0 Å². The van der Waals surface area contributed by atoms with Crippen LogP contribution in [0.3, 0.4) is 0 Å². The van der Waals surface area contributed by atoms with Crippen molar-refractivity contribution in [3.8, 4) is 5.75 Å². The molecule has 0 bridgehead atoms. The van der Waals surface area contributed by atoms with Crippen LogP contribution in [0.4, 0.5) is 0 Å². The zero-order chi connectivity index (χ0) is 14.1. The molecule has 2 heterocycles. The third-order valence-electron chi connectivity index (χ3n) is 3.95. The second-order valence-corrected chi connectivity index (χ2v) is 5.22. The van der Waals surface area contributed by atoms with Gasteiger partial charge < -0.3 is 14.5 Å². The van der Waals surface area contributed by atoms with Crippen molar-refractivity contribution in [3.63, 3.8) is 0 Å². The highest BCUT2D eigenvalue weighted by Gasteiger charge is 2.24. The molecule has 3 rings (SSSR count). The van der Waals surface area contributed by atoms with Crippen molar-refractivity contribution >= 4 is 11.8 Å². The maximum Gasteiger partial charge on any atom is 0.253 e. The summed E-state index contributed by atoms with van der Waals surface area (Å²) >= 11 is 0. The predicted molar refractivity (Wildman–Crippen MR) is 73.8 cm³/mol. The molecule has 2 aliphatic heterocycles. The van der Waals surface area contributed by atoms with Crippen molar-refractivity contribution in [1.29, 1.82) is 0 Å². The molecule has 2 aliphatic rings. The molecular formula is C15H18N2O3. The van der Waals surface area contributed by atoms with E-state index < -0.39 is 0 Å². The summed E-state index contributed by atoms with van der Waals surface area (Å²) in [5.41, 5.74) is 1.82. The minimum atomic E-state index is 0.0444. The predicted octanol–water partition coefficient (Wildman–Crippen LogP) is 0.926. The van der Waals surface area contributed by atoms with Gasteiger partial charge in [-0.15, -0.1) is 0 Å². The van der Waals surface area contributed by atoms with E-state index in [-0.39, 0.29) is 11.8 Å². The largest absolute Gasteiger partial charge is 0.493 e. The molecule has 2 amide bonds. The number of carbonyl (C=O) groups excluding carboxylic acids is 2. The smallest absolute Gasteiger partial charge is 0.253 e. The highest BCUT2D eigenvalue weighted by molar-refractivity contribution is 5.94. The summed E-state index contributed by atoms with van der Waals surface area (Å²) in [5, 5.41) is 0. The van der Waals surface area contributed by atoms with Crippen molar-refractivity contribution in [2.45, 2.75) is 13.3 Å². The molecule has 106 valence electrons. The fourth-order valence-electron chi connectivity index (χ4n) is 2.73. The van der Waals surface area contributed by atoms with E-state index in [4.69, 9.17) is 4.74 Å². The quantitative estimate of drug-likeness (QED) is 0.765. The summed E-state index contributed by atoms with van der Waals surface area (Å²) < 4.78 is 5.45. The Morgan fingerprint density at radius 1 is 1.10 bits per heavy atom. The Bertz CT molecular complexity index is 548. The molecular weight excluding hydrogens is 256 g/mol. The molecule has 0 aromatic heterocycles. The lowest BCUT2D eigenvalue weighted by Crippen LogP contribution is -2.50. The Labute approximate surface area is 118 Å². The number of ether oxygens (including phenoxy) is 1. The first-order valence-electron chi connectivity index (χ1n) is 6.95. The van der Waals surface area contributed by atoms with Crippen LogP contribution >= 0.6 is 0 Å². The number of rotatable bonds is 1. The highest BCUT2D eigenvalue weighted by Crippen LogP contribution is 2.26. The van der Waals surface area contributed by atoms with Crippen molar-refractivity contribution in [3.05, 3.63) is 29.3 Å². The van der Waals surface area contributed by atoms with Crippen molar-refractivity contribution in [1.82, 2.24) is 9.80 Å². The second kappa shape index (κ2) is 5.15. The second-order valence-electron chi connectivity index (χ2n) is 5.22. The van der Waals surface area contributed by atoms with E-state index in [1.165, 1.54) is 0 Å². The number of piperazine rings is 1. The number of nitrogens with zero attached hydrogens (tertiary/aromatic N) is 2. The maximum atomic E-state index is 12.5. The topological polar surface area (TPSA) is 49.9 Å². The van der Waals surface area contributed by atoms with Crippen LogP contribution in [-0.4, -0.2) is 54.4 Å². The van der Waals surface area contributed by atoms with Crippen molar-refractivity contribution in [2.24, 2.45) is 0 Å². The number of amides is 2. The number of benzene rings is 1. The molecule has 0 atom stereocenters. The molecule has 0 spiro atoms. The van der Waals surface area contributed by atoms with Crippen LogP contribution in [0.1, 0.15) is 22.8 Å². The zero-order valence-corrected chi connectivity index (χ0v) is 11.6. The van der Waals surface area contributed by atoms with E-state index in [1.807, 2.05) is 23.1 Å². The van der Waals surface area contributed by atoms with Gasteiger partial charge in [0, 0.05) is 45.1 Å². The van der Waals surface area contributed by atoms with Crippen LogP contribution in [0, 0.1) is 0 Å². The van der Waals surface area contributed by atoms with Crippen molar-refractivity contribution in [2.75, 3.05) is 32.8 Å². The maximum absolute atomic E-state index is 12.5. The Hall–Kier alpha value is -2.04. The summed E-state index contributed by atoms with van der Waals surface area (Å²) in [6, 6.07) is 5.63. The van der Waals surface area contributed by atoms with Gasteiger partial charge >= 0.3 is 0 Å². The van der Waals surface area contributed by atoms with E-state index in [0.717, 1.165) is 17.7 Å². The average molecular weight is 274 g/mol. The van der Waals surface area contributed by atoms with E-state index in [1.54, 1.807) is 11.8 Å². The van der Waals surface area contributed by atoms with E-state index >= 15 is 0 Å². The Balaban J connectivity index is 1.69. The van der Waals surface area contributed by atoms with Gasteiger partial charge in [-0.2, -0.15) is 0 Å². The standard InChI is InChI=1S/C15H18N2O3/c1-11(18)16-5-7-17(8-6-16)15(19)13-2-3-14-12(10-13)4-9-20-14/h2-3,10H,4-9H2,1H3. The lowest BCUT2D eigenvalue weighted by Gasteiger charge is -2.34. The van der Waals surface area contributed by atoms with Crippen LogP contribution in [0.15, 0.2) is 18.2 Å². The van der Waals surface area contributed by atoms with Gasteiger partial charge in [0.05, 0.1) is 6.61 Å². The zero-order valence-electron chi connectivity index (χ0n) is 11.6. The molecule has 1 aromatic rings. The monoisotopic (exact) mass is 274 g/mol. The van der Waals surface area contributed by atoms with Gasteiger partial charge in [-0.25, -0.2) is 0 Å². The molecule has 5 heteroatoms. The van der Waals surface area contributed by atoms with Gasteiger partial charge in [0.15, 0.2) is 0 Å². The summed E-state index contributed by atoms with van der Waals surface area (Å²) in [6.07, 6.45) is 0.870. The lowest BCUT2D eigenvalue weighted by molar-refractivity contribution is -0.130. The summed E-state index contributed by atoms with van der Waals surface area (Å²) in [6.45, 7) is 4.71. The molecule has 20 heavy (non-hydrogen) atoms. The van der Waals surface area contributed by atoms with Gasteiger partial charge in [0.1, 0.15) is 5.75 Å². The van der Waals surface area contributed by atoms with E-state index in [0.29, 0.717) is 38.3 Å². The molecule has 5 nitrogen and oxygen atoms in total. The van der Waals surface area contributed by atoms with Crippen LogP contribution in [-0.2, 0) is 11.2 Å². The summed E-state index contributed by atoms with van der Waals surface area (Å²) in [5.74, 6) is 1.01. The first-order valence-corrected chi connectivity index (χ1v) is 6.95. The van der Waals surface area contributed by atoms with Gasteiger partial charge in [-0.3, -0.25) is 9.59 Å². The van der Waals surface area contributed by atoms with Gasteiger partial charge in [-0.05, 0) is 23.8 Å². The Morgan fingerprint density at radius 2 is 1.80 bits per heavy atom. The molecule has 1 aromatic carbocycles. The van der Waals surface area contributed by atoms with Gasteiger partial charge in [0.25, 0.3) is 5.91 Å². The number of hydrogen-bond acceptors (Lipinski definition) is 3. The first kappa shape index (κ1) is 13.0. The Kier molecular flexibility index (Phi) is 3.34. The van der Waals surface area contributed by atoms with Crippen LogP contribution in [0.25, 0.3) is 0 Å². The number of hydrogen-bond donors (Lipinski definition) is 0. The molecule has 0 radical (unpaired) electrons. The molecule has 1 saturated heterocycles. The third kappa shape index (κ3) is 2.35. The van der Waals surface area contributed by atoms with Crippen LogP contribution < -0.4 is 4.74 Å². The summed E-state index contributed by atoms with van der Waals surface area (Å²) in [4.78, 5) is 27.3. The minimum absolute atomic E-state index is 0.0444.